The molecule has 0 saturated carbocycles. The molecule has 0 saturated heterocycles. The van der Waals surface area contributed by atoms with E-state index in [0.717, 1.165) is 6.42 Å². The predicted molar refractivity (Wildman–Crippen MR) is 56.8 cm³/mol. The summed E-state index contributed by atoms with van der Waals surface area (Å²) in [5.41, 5.74) is 5.04. The largest absolute Gasteiger partial charge is 0.394 e. The van der Waals surface area contributed by atoms with Gasteiger partial charge in [-0.25, -0.2) is 0 Å². The Hall–Kier alpha value is -0.610. The number of nitrogens with two attached hydrogens (primary N) is 1. The van der Waals surface area contributed by atoms with E-state index in [1.54, 1.807) is 0 Å². The van der Waals surface area contributed by atoms with Crippen LogP contribution in [0.2, 0.25) is 0 Å². The van der Waals surface area contributed by atoms with Crippen LogP contribution in [0.1, 0.15) is 33.6 Å². The van der Waals surface area contributed by atoms with Gasteiger partial charge in [-0.05, 0) is 19.8 Å². The monoisotopic (exact) mass is 202 g/mol. The van der Waals surface area contributed by atoms with Crippen LogP contribution in [-0.2, 0) is 4.79 Å². The van der Waals surface area contributed by atoms with Crippen LogP contribution in [0.25, 0.3) is 0 Å². The lowest BCUT2D eigenvalue weighted by Crippen LogP contribution is -2.48. The predicted octanol–water partition coefficient (Wildman–Crippen LogP) is 0.249. The standard InChI is InChI=1S/C10H22N2O2/c1-4-8(6-13)12-9(14)10(3,5-2)7-11/h8,13H,4-7,11H2,1-3H3,(H,12,14)/t8-,10?/m0/s1. The molecule has 84 valence electrons. The van der Waals surface area contributed by atoms with E-state index in [0.29, 0.717) is 13.0 Å². The first-order valence-electron chi connectivity index (χ1n) is 5.16. The van der Waals surface area contributed by atoms with Gasteiger partial charge in [0.25, 0.3) is 0 Å². The fourth-order valence-electron chi connectivity index (χ4n) is 1.03. The van der Waals surface area contributed by atoms with Crippen LogP contribution in [0.5, 0.6) is 0 Å². The van der Waals surface area contributed by atoms with Crippen molar-refractivity contribution in [3.63, 3.8) is 0 Å². The van der Waals surface area contributed by atoms with E-state index in [4.69, 9.17) is 10.8 Å². The van der Waals surface area contributed by atoms with Crippen LogP contribution in [0.4, 0.5) is 0 Å². The molecular weight excluding hydrogens is 180 g/mol. The normalized spacial score (nSPS) is 17.2. The molecule has 14 heavy (non-hydrogen) atoms. The number of amides is 1. The first-order chi connectivity index (χ1) is 6.53. The van der Waals surface area contributed by atoms with Gasteiger partial charge in [-0.2, -0.15) is 0 Å². The molecule has 0 heterocycles. The lowest BCUT2D eigenvalue weighted by molar-refractivity contribution is -0.131. The second kappa shape index (κ2) is 5.98. The zero-order valence-corrected chi connectivity index (χ0v) is 9.34. The molecule has 1 unspecified atom stereocenters. The molecule has 0 aromatic carbocycles. The van der Waals surface area contributed by atoms with Crippen molar-refractivity contribution in [2.24, 2.45) is 11.1 Å². The number of hydrogen-bond acceptors (Lipinski definition) is 3. The number of rotatable bonds is 6. The van der Waals surface area contributed by atoms with E-state index in [-0.39, 0.29) is 18.6 Å². The Bertz CT molecular complexity index is 175. The van der Waals surface area contributed by atoms with Gasteiger partial charge >= 0.3 is 0 Å². The maximum absolute atomic E-state index is 11.8. The second-order valence-corrected chi connectivity index (χ2v) is 3.88. The Kier molecular flexibility index (Phi) is 5.72. The van der Waals surface area contributed by atoms with Crippen molar-refractivity contribution >= 4 is 5.91 Å². The second-order valence-electron chi connectivity index (χ2n) is 3.88. The minimum atomic E-state index is -0.511. The van der Waals surface area contributed by atoms with Gasteiger partial charge in [-0.15, -0.1) is 0 Å². The van der Waals surface area contributed by atoms with E-state index in [2.05, 4.69) is 5.32 Å². The highest BCUT2D eigenvalue weighted by atomic mass is 16.3. The van der Waals surface area contributed by atoms with E-state index < -0.39 is 5.41 Å². The molecule has 0 fully saturated rings. The summed E-state index contributed by atoms with van der Waals surface area (Å²) in [4.78, 5) is 11.8. The maximum Gasteiger partial charge on any atom is 0.227 e. The molecule has 0 aromatic rings. The summed E-state index contributed by atoms with van der Waals surface area (Å²) in [5, 5.41) is 11.7. The average molecular weight is 202 g/mol. The van der Waals surface area contributed by atoms with Crippen LogP contribution < -0.4 is 11.1 Å². The fraction of sp³-hybridized carbons (Fsp3) is 0.900. The topological polar surface area (TPSA) is 75.3 Å². The molecule has 2 atom stereocenters. The first kappa shape index (κ1) is 13.4. The molecular formula is C10H22N2O2. The van der Waals surface area contributed by atoms with Gasteiger partial charge in [0.05, 0.1) is 18.1 Å². The molecule has 0 rings (SSSR count). The van der Waals surface area contributed by atoms with E-state index in [9.17, 15) is 4.79 Å². The third-order valence-corrected chi connectivity index (χ3v) is 2.83. The van der Waals surface area contributed by atoms with Gasteiger partial charge in [0.1, 0.15) is 0 Å². The molecule has 0 aliphatic carbocycles. The minimum absolute atomic E-state index is 0.0212. The lowest BCUT2D eigenvalue weighted by Gasteiger charge is -2.27. The van der Waals surface area contributed by atoms with Gasteiger partial charge in [0, 0.05) is 6.54 Å². The molecule has 0 radical (unpaired) electrons. The number of hydrogen-bond donors (Lipinski definition) is 3. The van der Waals surface area contributed by atoms with Crippen molar-refractivity contribution in [2.75, 3.05) is 13.2 Å². The molecule has 4 heteroatoms. The average Bonchev–Trinajstić information content (AvgIpc) is 2.24. The van der Waals surface area contributed by atoms with Gasteiger partial charge in [0.15, 0.2) is 0 Å². The molecule has 4 N–H and O–H groups in total. The highest BCUT2D eigenvalue weighted by Gasteiger charge is 2.30. The fourth-order valence-corrected chi connectivity index (χ4v) is 1.03. The first-order valence-corrected chi connectivity index (χ1v) is 5.16. The zero-order chi connectivity index (χ0) is 11.2. The van der Waals surface area contributed by atoms with Crippen molar-refractivity contribution in [1.29, 1.82) is 0 Å². The Morgan fingerprint density at radius 2 is 2.14 bits per heavy atom. The Morgan fingerprint density at radius 1 is 1.57 bits per heavy atom. The summed E-state index contributed by atoms with van der Waals surface area (Å²) in [7, 11) is 0. The quantitative estimate of drug-likeness (QED) is 0.578. The summed E-state index contributed by atoms with van der Waals surface area (Å²) >= 11 is 0. The smallest absolute Gasteiger partial charge is 0.227 e. The van der Waals surface area contributed by atoms with Gasteiger partial charge in [-0.3, -0.25) is 4.79 Å². The van der Waals surface area contributed by atoms with Crippen LogP contribution in [0, 0.1) is 5.41 Å². The number of aliphatic hydroxyl groups excluding tert-OH is 1. The Balaban J connectivity index is 4.30. The summed E-state index contributed by atoms with van der Waals surface area (Å²) in [6, 6.07) is -0.153. The number of carbonyl (C=O) groups excluding carboxylic acids is 1. The highest BCUT2D eigenvalue weighted by molar-refractivity contribution is 5.82. The third kappa shape index (κ3) is 3.27. The SMILES string of the molecule is CC[C@@H](CO)NC(=O)C(C)(CC)CN. The summed E-state index contributed by atoms with van der Waals surface area (Å²) in [6.45, 7) is 6.01. The summed E-state index contributed by atoms with van der Waals surface area (Å²) in [6.07, 6.45) is 1.43. The summed E-state index contributed by atoms with van der Waals surface area (Å²) < 4.78 is 0. The van der Waals surface area contributed by atoms with Gasteiger partial charge in [-0.1, -0.05) is 13.8 Å². The molecule has 0 bridgehead atoms. The highest BCUT2D eigenvalue weighted by Crippen LogP contribution is 2.19. The molecule has 0 aliphatic rings. The van der Waals surface area contributed by atoms with Gasteiger partial charge in [0.2, 0.25) is 5.91 Å². The van der Waals surface area contributed by atoms with E-state index in [1.807, 2.05) is 20.8 Å². The molecule has 0 aliphatic heterocycles. The maximum atomic E-state index is 11.8. The number of aliphatic hydroxyl groups is 1. The van der Waals surface area contributed by atoms with Gasteiger partial charge < -0.3 is 16.2 Å². The Labute approximate surface area is 85.9 Å². The minimum Gasteiger partial charge on any atom is -0.394 e. The van der Waals surface area contributed by atoms with Crippen molar-refractivity contribution in [1.82, 2.24) is 5.32 Å². The van der Waals surface area contributed by atoms with Crippen LogP contribution in [0.3, 0.4) is 0 Å². The number of nitrogens with one attached hydrogen (secondary N) is 1. The van der Waals surface area contributed by atoms with Crippen LogP contribution >= 0.6 is 0 Å². The van der Waals surface area contributed by atoms with E-state index >= 15 is 0 Å². The van der Waals surface area contributed by atoms with Crippen LogP contribution in [-0.4, -0.2) is 30.2 Å². The van der Waals surface area contributed by atoms with E-state index in [1.165, 1.54) is 0 Å². The lowest BCUT2D eigenvalue weighted by atomic mass is 9.86. The molecule has 0 aromatic heterocycles. The summed E-state index contributed by atoms with van der Waals surface area (Å²) in [5.74, 6) is -0.0663. The van der Waals surface area contributed by atoms with Crippen molar-refractivity contribution < 1.29 is 9.90 Å². The van der Waals surface area contributed by atoms with Crippen molar-refractivity contribution in [3.05, 3.63) is 0 Å². The zero-order valence-electron chi connectivity index (χ0n) is 9.34. The van der Waals surface area contributed by atoms with Crippen molar-refractivity contribution in [2.45, 2.75) is 39.7 Å². The molecule has 1 amide bonds. The van der Waals surface area contributed by atoms with Crippen molar-refractivity contribution in [3.8, 4) is 0 Å². The molecule has 4 nitrogen and oxygen atoms in total. The number of carbonyl (C=O) groups is 1. The molecule has 0 spiro atoms. The third-order valence-electron chi connectivity index (χ3n) is 2.83. The van der Waals surface area contributed by atoms with Crippen LogP contribution in [0.15, 0.2) is 0 Å². The Morgan fingerprint density at radius 3 is 2.43 bits per heavy atom.